The molecular weight excluding hydrogens is 291 g/mol. The lowest BCUT2D eigenvalue weighted by Crippen LogP contribution is -2.12. The van der Waals surface area contributed by atoms with Crippen LogP contribution in [-0.2, 0) is 13.2 Å². The lowest BCUT2D eigenvalue weighted by atomic mass is 10.1. The van der Waals surface area contributed by atoms with E-state index in [1.54, 1.807) is 17.9 Å². The van der Waals surface area contributed by atoms with Gasteiger partial charge in [0.2, 0.25) is 0 Å². The molecule has 2 aromatic rings. The van der Waals surface area contributed by atoms with Crippen LogP contribution >= 0.6 is 11.6 Å². The van der Waals surface area contributed by atoms with E-state index in [0.717, 1.165) is 17.8 Å². The third-order valence-corrected chi connectivity index (χ3v) is 3.28. The van der Waals surface area contributed by atoms with Gasteiger partial charge in [-0.1, -0.05) is 11.6 Å². The van der Waals surface area contributed by atoms with Crippen LogP contribution in [0.25, 0.3) is 0 Å². The highest BCUT2D eigenvalue weighted by atomic mass is 35.5. The maximum Gasteiger partial charge on any atom is 0.416 e. The molecule has 1 heterocycles. The van der Waals surface area contributed by atoms with E-state index in [-0.39, 0.29) is 11.1 Å². The Kier molecular flexibility index (Phi) is 3.94. The van der Waals surface area contributed by atoms with Crippen LogP contribution in [0.3, 0.4) is 0 Å². The van der Waals surface area contributed by atoms with Gasteiger partial charge in [-0.2, -0.15) is 18.3 Å². The van der Waals surface area contributed by atoms with Crippen molar-refractivity contribution in [1.82, 2.24) is 9.78 Å². The highest BCUT2D eigenvalue weighted by molar-refractivity contribution is 6.33. The normalized spacial score (nSPS) is 13.3. The predicted molar refractivity (Wildman–Crippen MR) is 71.7 cm³/mol. The zero-order valence-electron chi connectivity index (χ0n) is 10.9. The number of benzene rings is 1. The van der Waals surface area contributed by atoms with Gasteiger partial charge in [-0.3, -0.25) is 4.68 Å². The molecule has 1 aromatic carbocycles. The lowest BCUT2D eigenvalue weighted by molar-refractivity contribution is -0.137. The van der Waals surface area contributed by atoms with E-state index in [9.17, 15) is 13.2 Å². The molecule has 1 aromatic heterocycles. The summed E-state index contributed by atoms with van der Waals surface area (Å²) in [4.78, 5) is 0. The molecule has 1 atom stereocenters. The first-order chi connectivity index (χ1) is 9.29. The van der Waals surface area contributed by atoms with Crippen LogP contribution in [0.4, 0.5) is 18.9 Å². The summed E-state index contributed by atoms with van der Waals surface area (Å²) in [5, 5.41) is 7.15. The van der Waals surface area contributed by atoms with Crippen molar-refractivity contribution in [2.45, 2.75) is 19.1 Å². The Bertz CT molecular complexity index is 607. The summed E-state index contributed by atoms with van der Waals surface area (Å²) in [6.45, 7) is 1.88. The molecule has 0 aliphatic carbocycles. The number of hydrogen-bond acceptors (Lipinski definition) is 2. The highest BCUT2D eigenvalue weighted by Crippen LogP contribution is 2.34. The van der Waals surface area contributed by atoms with Crippen molar-refractivity contribution in [1.29, 1.82) is 0 Å². The summed E-state index contributed by atoms with van der Waals surface area (Å²) < 4.78 is 39.3. The number of hydrogen-bond donors (Lipinski definition) is 1. The molecule has 0 amide bonds. The molecular formula is C13H13ClF3N3. The van der Waals surface area contributed by atoms with Crippen molar-refractivity contribution in [2.75, 3.05) is 5.32 Å². The lowest BCUT2D eigenvalue weighted by Gasteiger charge is -2.17. The Morgan fingerprint density at radius 1 is 1.30 bits per heavy atom. The summed E-state index contributed by atoms with van der Waals surface area (Å²) in [5.41, 5.74) is 0.593. The topological polar surface area (TPSA) is 29.9 Å². The first-order valence-electron chi connectivity index (χ1n) is 5.90. The Balaban J connectivity index is 2.21. The summed E-state index contributed by atoms with van der Waals surface area (Å²) in [6.07, 6.45) is -2.74. The molecule has 1 unspecified atom stereocenters. The molecule has 0 bridgehead atoms. The number of nitrogens with zero attached hydrogens (tertiary/aromatic N) is 2. The number of aryl methyl sites for hydroxylation is 1. The third-order valence-electron chi connectivity index (χ3n) is 2.97. The quantitative estimate of drug-likeness (QED) is 0.918. The van der Waals surface area contributed by atoms with Gasteiger partial charge < -0.3 is 5.32 Å². The fraction of sp³-hybridized carbons (Fsp3) is 0.308. The molecule has 0 aliphatic heterocycles. The van der Waals surface area contributed by atoms with Crippen molar-refractivity contribution in [3.63, 3.8) is 0 Å². The summed E-state index contributed by atoms with van der Waals surface area (Å²) in [5.74, 6) is 0. The van der Waals surface area contributed by atoms with Gasteiger partial charge in [-0.05, 0) is 31.2 Å². The predicted octanol–water partition coefficient (Wildman–Crippen LogP) is 4.27. The minimum Gasteiger partial charge on any atom is -0.376 e. The average Bonchev–Trinajstić information content (AvgIpc) is 2.76. The van der Waals surface area contributed by atoms with E-state index < -0.39 is 11.7 Å². The molecule has 20 heavy (non-hydrogen) atoms. The maximum absolute atomic E-state index is 12.5. The van der Waals surface area contributed by atoms with Crippen LogP contribution in [-0.4, -0.2) is 9.78 Å². The maximum atomic E-state index is 12.5. The zero-order chi connectivity index (χ0) is 14.9. The molecule has 0 fully saturated rings. The van der Waals surface area contributed by atoms with E-state index >= 15 is 0 Å². The molecule has 108 valence electrons. The largest absolute Gasteiger partial charge is 0.416 e. The van der Waals surface area contributed by atoms with E-state index in [4.69, 9.17) is 11.6 Å². The summed E-state index contributed by atoms with van der Waals surface area (Å²) in [7, 11) is 1.79. The number of alkyl halides is 3. The van der Waals surface area contributed by atoms with Gasteiger partial charge in [0.15, 0.2) is 0 Å². The van der Waals surface area contributed by atoms with Gasteiger partial charge in [-0.15, -0.1) is 0 Å². The van der Waals surface area contributed by atoms with E-state index in [1.165, 1.54) is 6.07 Å². The smallest absolute Gasteiger partial charge is 0.376 e. The number of rotatable bonds is 3. The van der Waals surface area contributed by atoms with Crippen LogP contribution < -0.4 is 5.32 Å². The van der Waals surface area contributed by atoms with Gasteiger partial charge in [0.05, 0.1) is 28.0 Å². The van der Waals surface area contributed by atoms with Gasteiger partial charge in [0.25, 0.3) is 0 Å². The molecule has 0 radical (unpaired) electrons. The van der Waals surface area contributed by atoms with Gasteiger partial charge in [-0.25, -0.2) is 0 Å². The first kappa shape index (κ1) is 14.7. The zero-order valence-corrected chi connectivity index (χ0v) is 11.6. The number of aromatic nitrogens is 2. The first-order valence-corrected chi connectivity index (χ1v) is 6.28. The van der Waals surface area contributed by atoms with Crippen molar-refractivity contribution in [3.8, 4) is 0 Å². The molecule has 2 rings (SSSR count). The molecule has 7 heteroatoms. The van der Waals surface area contributed by atoms with Crippen LogP contribution in [0.5, 0.6) is 0 Å². The number of halogens is 4. The fourth-order valence-corrected chi connectivity index (χ4v) is 2.16. The Labute approximate surface area is 119 Å². The Morgan fingerprint density at radius 2 is 2.00 bits per heavy atom. The van der Waals surface area contributed by atoms with Gasteiger partial charge in [0.1, 0.15) is 0 Å². The van der Waals surface area contributed by atoms with Gasteiger partial charge >= 0.3 is 6.18 Å². The summed E-state index contributed by atoms with van der Waals surface area (Å²) >= 11 is 5.90. The van der Waals surface area contributed by atoms with Crippen molar-refractivity contribution in [2.24, 2.45) is 7.05 Å². The monoisotopic (exact) mass is 303 g/mol. The molecule has 3 nitrogen and oxygen atoms in total. The molecule has 0 aliphatic rings. The number of anilines is 1. The average molecular weight is 304 g/mol. The van der Waals surface area contributed by atoms with E-state index in [0.29, 0.717) is 5.69 Å². The van der Waals surface area contributed by atoms with E-state index in [2.05, 4.69) is 10.4 Å². The highest BCUT2D eigenvalue weighted by Gasteiger charge is 2.31. The number of nitrogens with one attached hydrogen (secondary N) is 1. The summed E-state index contributed by atoms with van der Waals surface area (Å²) in [6, 6.07) is 4.95. The van der Waals surface area contributed by atoms with E-state index in [1.807, 2.05) is 13.0 Å². The third kappa shape index (κ3) is 3.07. The molecule has 0 saturated heterocycles. The minimum atomic E-state index is -4.39. The fourth-order valence-electron chi connectivity index (χ4n) is 1.92. The standard InChI is InChI=1S/C13H13ClF3N3/c1-8(12-5-6-18-20(12)2)19-11-4-3-9(7-10(11)14)13(15,16)17/h3-8,19H,1-2H3. The second-order valence-corrected chi connectivity index (χ2v) is 4.85. The van der Waals surface area contributed by atoms with Crippen LogP contribution in [0.2, 0.25) is 5.02 Å². The van der Waals surface area contributed by atoms with Crippen molar-refractivity contribution < 1.29 is 13.2 Å². The molecule has 0 spiro atoms. The van der Waals surface area contributed by atoms with Crippen LogP contribution in [0, 0.1) is 0 Å². The second kappa shape index (κ2) is 5.36. The minimum absolute atomic E-state index is 0.0360. The Morgan fingerprint density at radius 3 is 2.50 bits per heavy atom. The van der Waals surface area contributed by atoms with Crippen molar-refractivity contribution in [3.05, 3.63) is 46.7 Å². The SMILES string of the molecule is CC(Nc1ccc(C(F)(F)F)cc1Cl)c1ccnn1C. The van der Waals surface area contributed by atoms with Crippen molar-refractivity contribution >= 4 is 17.3 Å². The Hall–Kier alpha value is -1.69. The van der Waals surface area contributed by atoms with Crippen LogP contribution in [0.15, 0.2) is 30.5 Å². The second-order valence-electron chi connectivity index (χ2n) is 4.44. The van der Waals surface area contributed by atoms with Crippen LogP contribution in [0.1, 0.15) is 24.2 Å². The molecule has 0 saturated carbocycles. The molecule has 1 N–H and O–H groups in total. The van der Waals surface area contributed by atoms with Gasteiger partial charge in [0, 0.05) is 13.2 Å².